The molecule has 1 rings (SSSR count). The summed E-state index contributed by atoms with van der Waals surface area (Å²) in [5, 5.41) is 2.20. The highest BCUT2D eigenvalue weighted by atomic mass is 19.4. The van der Waals surface area contributed by atoms with Crippen molar-refractivity contribution in [3.63, 3.8) is 0 Å². The van der Waals surface area contributed by atoms with Gasteiger partial charge in [0.1, 0.15) is 0 Å². The Balaban J connectivity index is 3.11. The molecule has 0 spiro atoms. The molecule has 1 aromatic rings. The summed E-state index contributed by atoms with van der Waals surface area (Å²) in [5.41, 5.74) is 4.94. The minimum absolute atomic E-state index is 0.0248. The van der Waals surface area contributed by atoms with Crippen LogP contribution in [-0.2, 0) is 24.1 Å². The molecule has 0 heterocycles. The summed E-state index contributed by atoms with van der Waals surface area (Å²) in [4.78, 5) is 10.0. The molecule has 3 N–H and O–H groups in total. The Kier molecular flexibility index (Phi) is 3.89. The molecule has 6 heteroatoms. The summed E-state index contributed by atoms with van der Waals surface area (Å²) < 4.78 is 37.9. The first-order chi connectivity index (χ1) is 7.49. The average Bonchev–Trinajstić information content (AvgIpc) is 2.25. The van der Waals surface area contributed by atoms with Gasteiger partial charge in [0.2, 0.25) is 6.41 Å². The molecule has 3 nitrogen and oxygen atoms in total. The molecule has 0 fully saturated rings. The molecule has 16 heavy (non-hydrogen) atoms. The van der Waals surface area contributed by atoms with E-state index in [9.17, 15) is 18.0 Å². The van der Waals surface area contributed by atoms with E-state index in [2.05, 4.69) is 5.32 Å². The Hall–Kier alpha value is -1.56. The maximum Gasteiger partial charge on any atom is 0.416 e. The van der Waals surface area contributed by atoms with Gasteiger partial charge in [-0.1, -0.05) is 12.1 Å². The van der Waals surface area contributed by atoms with Gasteiger partial charge in [-0.3, -0.25) is 4.79 Å². The standard InChI is InChI=1S/C10H11F3N2O/c11-10(12,13)9-3-7(4-14)1-2-8(9)5-15-6-16/h1-3,6H,4-5,14H2,(H,15,16). The molecule has 0 radical (unpaired) electrons. The minimum Gasteiger partial charge on any atom is -0.355 e. The number of nitrogens with one attached hydrogen (secondary N) is 1. The molecular formula is C10H11F3N2O. The molecular weight excluding hydrogens is 221 g/mol. The zero-order chi connectivity index (χ0) is 12.2. The van der Waals surface area contributed by atoms with Crippen LogP contribution in [0.25, 0.3) is 0 Å². The number of amides is 1. The number of benzene rings is 1. The SMILES string of the molecule is NCc1ccc(CNC=O)c(C(F)(F)F)c1. The van der Waals surface area contributed by atoms with Gasteiger partial charge in [-0.15, -0.1) is 0 Å². The second-order valence-electron chi connectivity index (χ2n) is 3.19. The van der Waals surface area contributed by atoms with Crippen molar-refractivity contribution in [1.82, 2.24) is 5.32 Å². The zero-order valence-electron chi connectivity index (χ0n) is 8.34. The normalized spacial score (nSPS) is 11.2. The molecule has 1 aromatic carbocycles. The van der Waals surface area contributed by atoms with E-state index >= 15 is 0 Å². The number of hydrogen-bond donors (Lipinski definition) is 2. The highest BCUT2D eigenvalue weighted by Crippen LogP contribution is 2.32. The quantitative estimate of drug-likeness (QED) is 0.771. The number of rotatable bonds is 4. The van der Waals surface area contributed by atoms with Gasteiger partial charge < -0.3 is 11.1 Å². The number of halogens is 3. The first kappa shape index (κ1) is 12.5. The Morgan fingerprint density at radius 3 is 2.56 bits per heavy atom. The largest absolute Gasteiger partial charge is 0.416 e. The van der Waals surface area contributed by atoms with Gasteiger partial charge in [0.05, 0.1) is 5.56 Å². The number of hydrogen-bond acceptors (Lipinski definition) is 2. The van der Waals surface area contributed by atoms with Gasteiger partial charge in [-0.2, -0.15) is 13.2 Å². The first-order valence-electron chi connectivity index (χ1n) is 4.55. The zero-order valence-corrected chi connectivity index (χ0v) is 8.34. The van der Waals surface area contributed by atoms with E-state index in [0.29, 0.717) is 12.0 Å². The Labute approximate surface area is 90.4 Å². The molecule has 0 aliphatic carbocycles. The molecule has 0 aliphatic heterocycles. The second kappa shape index (κ2) is 4.98. The van der Waals surface area contributed by atoms with Crippen molar-refractivity contribution in [2.24, 2.45) is 5.73 Å². The topological polar surface area (TPSA) is 55.1 Å². The van der Waals surface area contributed by atoms with E-state index in [-0.39, 0.29) is 18.7 Å². The van der Waals surface area contributed by atoms with Crippen LogP contribution in [0.4, 0.5) is 13.2 Å². The van der Waals surface area contributed by atoms with Crippen LogP contribution in [0, 0.1) is 0 Å². The predicted octanol–water partition coefficient (Wildman–Crippen LogP) is 1.41. The van der Waals surface area contributed by atoms with E-state index < -0.39 is 11.7 Å². The molecule has 0 aliphatic rings. The third-order valence-corrected chi connectivity index (χ3v) is 2.09. The molecule has 1 amide bonds. The van der Waals surface area contributed by atoms with Crippen LogP contribution >= 0.6 is 0 Å². The third-order valence-electron chi connectivity index (χ3n) is 2.09. The highest BCUT2D eigenvalue weighted by molar-refractivity contribution is 5.47. The van der Waals surface area contributed by atoms with Crippen molar-refractivity contribution < 1.29 is 18.0 Å². The monoisotopic (exact) mass is 232 g/mol. The molecule has 0 bridgehead atoms. The van der Waals surface area contributed by atoms with Gasteiger partial charge in [0.25, 0.3) is 0 Å². The summed E-state index contributed by atoms with van der Waals surface area (Å²) in [7, 11) is 0. The van der Waals surface area contributed by atoms with Gasteiger partial charge in [0.15, 0.2) is 0 Å². The van der Waals surface area contributed by atoms with Gasteiger partial charge in [0, 0.05) is 13.1 Å². The van der Waals surface area contributed by atoms with Crippen molar-refractivity contribution in [3.05, 3.63) is 34.9 Å². The third kappa shape index (κ3) is 2.96. The lowest BCUT2D eigenvalue weighted by Crippen LogP contribution is -2.16. The van der Waals surface area contributed by atoms with E-state index in [1.54, 1.807) is 0 Å². The predicted molar refractivity (Wildman–Crippen MR) is 52.2 cm³/mol. The number of alkyl halides is 3. The lowest BCUT2D eigenvalue weighted by molar-refractivity contribution is -0.138. The first-order valence-corrected chi connectivity index (χ1v) is 4.55. The van der Waals surface area contributed by atoms with Crippen LogP contribution in [-0.4, -0.2) is 6.41 Å². The average molecular weight is 232 g/mol. The lowest BCUT2D eigenvalue weighted by Gasteiger charge is -2.13. The highest BCUT2D eigenvalue weighted by Gasteiger charge is 2.33. The molecule has 0 aromatic heterocycles. The molecule has 88 valence electrons. The molecule has 0 unspecified atom stereocenters. The maximum absolute atomic E-state index is 12.6. The number of nitrogens with two attached hydrogens (primary N) is 1. The van der Waals surface area contributed by atoms with Crippen molar-refractivity contribution in [1.29, 1.82) is 0 Å². The van der Waals surface area contributed by atoms with Gasteiger partial charge in [-0.25, -0.2) is 0 Å². The molecule has 0 saturated heterocycles. The van der Waals surface area contributed by atoms with Crippen LogP contribution in [0.5, 0.6) is 0 Å². The van der Waals surface area contributed by atoms with E-state index in [0.717, 1.165) is 6.07 Å². The number of carbonyl (C=O) groups excluding carboxylic acids is 1. The summed E-state index contributed by atoms with van der Waals surface area (Å²) in [6.45, 7) is -0.104. The molecule has 0 saturated carbocycles. The Morgan fingerprint density at radius 2 is 2.06 bits per heavy atom. The fourth-order valence-corrected chi connectivity index (χ4v) is 1.32. The second-order valence-corrected chi connectivity index (χ2v) is 3.19. The van der Waals surface area contributed by atoms with Crippen molar-refractivity contribution in [2.45, 2.75) is 19.3 Å². The summed E-state index contributed by atoms with van der Waals surface area (Å²) >= 11 is 0. The van der Waals surface area contributed by atoms with Gasteiger partial charge >= 0.3 is 6.18 Å². The Bertz CT molecular complexity index is 377. The van der Waals surface area contributed by atoms with Crippen molar-refractivity contribution in [3.8, 4) is 0 Å². The lowest BCUT2D eigenvalue weighted by atomic mass is 10.0. The summed E-state index contributed by atoms with van der Waals surface area (Å²) in [6, 6.07) is 3.83. The summed E-state index contributed by atoms with van der Waals surface area (Å²) in [5.74, 6) is 0. The van der Waals surface area contributed by atoms with E-state index in [1.807, 2.05) is 0 Å². The van der Waals surface area contributed by atoms with Crippen LogP contribution in [0.3, 0.4) is 0 Å². The fraction of sp³-hybridized carbons (Fsp3) is 0.300. The Morgan fingerprint density at radius 1 is 1.38 bits per heavy atom. The van der Waals surface area contributed by atoms with Crippen LogP contribution in [0.1, 0.15) is 16.7 Å². The number of carbonyl (C=O) groups is 1. The van der Waals surface area contributed by atoms with Crippen molar-refractivity contribution >= 4 is 6.41 Å². The van der Waals surface area contributed by atoms with Gasteiger partial charge in [-0.05, 0) is 17.2 Å². The fourth-order valence-electron chi connectivity index (χ4n) is 1.32. The van der Waals surface area contributed by atoms with Crippen LogP contribution < -0.4 is 11.1 Å². The minimum atomic E-state index is -4.44. The smallest absolute Gasteiger partial charge is 0.355 e. The van der Waals surface area contributed by atoms with E-state index in [1.165, 1.54) is 12.1 Å². The maximum atomic E-state index is 12.6. The molecule has 0 atom stereocenters. The van der Waals surface area contributed by atoms with Crippen molar-refractivity contribution in [2.75, 3.05) is 0 Å². The van der Waals surface area contributed by atoms with Crippen LogP contribution in [0.15, 0.2) is 18.2 Å². The van der Waals surface area contributed by atoms with Crippen LogP contribution in [0.2, 0.25) is 0 Å². The summed E-state index contributed by atoms with van der Waals surface area (Å²) in [6.07, 6.45) is -4.08. The van der Waals surface area contributed by atoms with E-state index in [4.69, 9.17) is 5.73 Å².